The van der Waals surface area contributed by atoms with Crippen molar-refractivity contribution in [2.45, 2.75) is 284 Å². The number of unbranched alkanes of at least 4 members (excludes halogenated alkanes) is 24. The van der Waals surface area contributed by atoms with Crippen LogP contribution in [0, 0.1) is 0 Å². The van der Waals surface area contributed by atoms with Crippen molar-refractivity contribution in [1.29, 1.82) is 0 Å². The van der Waals surface area contributed by atoms with E-state index in [0.717, 1.165) is 135 Å². The molecule has 0 aliphatic heterocycles. The van der Waals surface area contributed by atoms with E-state index >= 15 is 0 Å². The van der Waals surface area contributed by atoms with Crippen molar-refractivity contribution in [3.05, 3.63) is 122 Å². The first-order chi connectivity index (χ1) is 37.0. The van der Waals surface area contributed by atoms with Crippen LogP contribution in [0.3, 0.4) is 0 Å². The SMILES string of the molecule is CC/C=C\C/C=C\C/C=C\C/C=C\C/C=C\C/C=C\C/C=C\C/C=C\C/C=C\CCCCCC(=O)OCC(COC(=O)CCCCCCC/C=C\CCCC)OC(=O)CCCCCCCCCCCCCCCCC. The molecule has 0 aromatic heterocycles. The van der Waals surface area contributed by atoms with E-state index in [9.17, 15) is 14.4 Å². The second-order valence-corrected chi connectivity index (χ2v) is 20.2. The number of carbonyl (C=O) groups is 3. The molecule has 0 fully saturated rings. The van der Waals surface area contributed by atoms with Crippen molar-refractivity contribution in [2.24, 2.45) is 0 Å². The molecule has 0 amide bonds. The molecule has 75 heavy (non-hydrogen) atoms. The van der Waals surface area contributed by atoms with Crippen LogP contribution in [0.2, 0.25) is 0 Å². The van der Waals surface area contributed by atoms with Gasteiger partial charge in [-0.2, -0.15) is 0 Å². The Morgan fingerprint density at radius 3 is 0.880 bits per heavy atom. The molecule has 0 spiro atoms. The van der Waals surface area contributed by atoms with Crippen LogP contribution in [-0.2, 0) is 28.6 Å². The van der Waals surface area contributed by atoms with Gasteiger partial charge in [-0.25, -0.2) is 0 Å². The van der Waals surface area contributed by atoms with Crippen LogP contribution in [0.1, 0.15) is 278 Å². The molecule has 0 saturated carbocycles. The molecule has 0 N–H and O–H groups in total. The lowest BCUT2D eigenvalue weighted by Crippen LogP contribution is -2.30. The van der Waals surface area contributed by atoms with Crippen LogP contribution < -0.4 is 0 Å². The Morgan fingerprint density at radius 1 is 0.280 bits per heavy atom. The number of carbonyl (C=O) groups excluding carboxylic acids is 3. The highest BCUT2D eigenvalue weighted by atomic mass is 16.6. The highest BCUT2D eigenvalue weighted by molar-refractivity contribution is 5.71. The molecule has 426 valence electrons. The normalized spacial score (nSPS) is 12.9. The predicted molar refractivity (Wildman–Crippen MR) is 325 cm³/mol. The van der Waals surface area contributed by atoms with Gasteiger partial charge in [0, 0.05) is 19.3 Å². The second kappa shape index (κ2) is 62.4. The van der Waals surface area contributed by atoms with Gasteiger partial charge >= 0.3 is 17.9 Å². The topological polar surface area (TPSA) is 78.9 Å². The minimum atomic E-state index is -0.796. The third kappa shape index (κ3) is 60.6. The van der Waals surface area contributed by atoms with Gasteiger partial charge < -0.3 is 14.2 Å². The zero-order chi connectivity index (χ0) is 54.3. The fourth-order valence-corrected chi connectivity index (χ4v) is 8.30. The Kier molecular flexibility index (Phi) is 58.9. The number of rotatable bonds is 55. The van der Waals surface area contributed by atoms with Gasteiger partial charge in [0.15, 0.2) is 6.10 Å². The lowest BCUT2D eigenvalue weighted by atomic mass is 10.0. The maximum Gasteiger partial charge on any atom is 0.306 e. The van der Waals surface area contributed by atoms with Gasteiger partial charge in [0.25, 0.3) is 0 Å². The average molecular weight is 1040 g/mol. The van der Waals surface area contributed by atoms with Crippen LogP contribution in [-0.4, -0.2) is 37.2 Å². The van der Waals surface area contributed by atoms with Gasteiger partial charge in [-0.05, 0) is 109 Å². The summed E-state index contributed by atoms with van der Waals surface area (Å²) in [5.74, 6) is -0.933. The monoisotopic (exact) mass is 1040 g/mol. The molecule has 1 unspecified atom stereocenters. The van der Waals surface area contributed by atoms with Gasteiger partial charge in [-0.1, -0.05) is 271 Å². The summed E-state index contributed by atoms with van der Waals surface area (Å²) in [6.07, 6.45) is 86.3. The van der Waals surface area contributed by atoms with E-state index in [1.54, 1.807) is 0 Å². The predicted octanol–water partition coefficient (Wildman–Crippen LogP) is 21.2. The molecule has 0 aromatic carbocycles. The molecule has 0 bridgehead atoms. The van der Waals surface area contributed by atoms with E-state index in [0.29, 0.717) is 19.3 Å². The molecule has 0 heterocycles. The van der Waals surface area contributed by atoms with E-state index < -0.39 is 6.10 Å². The van der Waals surface area contributed by atoms with Gasteiger partial charge in [0.1, 0.15) is 13.2 Å². The highest BCUT2D eigenvalue weighted by Gasteiger charge is 2.19. The summed E-state index contributed by atoms with van der Waals surface area (Å²) in [6, 6.07) is 0. The van der Waals surface area contributed by atoms with Gasteiger partial charge in [-0.15, -0.1) is 0 Å². The molecule has 0 rings (SSSR count). The summed E-state index contributed by atoms with van der Waals surface area (Å²) in [4.78, 5) is 38.1. The fraction of sp³-hybridized carbons (Fsp3) is 0.667. The lowest BCUT2D eigenvalue weighted by molar-refractivity contribution is -0.167. The van der Waals surface area contributed by atoms with Crippen molar-refractivity contribution < 1.29 is 28.6 Å². The number of esters is 3. The molecule has 6 nitrogen and oxygen atoms in total. The van der Waals surface area contributed by atoms with Crippen molar-refractivity contribution in [2.75, 3.05) is 13.2 Å². The van der Waals surface area contributed by atoms with Crippen LogP contribution in [0.5, 0.6) is 0 Å². The van der Waals surface area contributed by atoms with Crippen LogP contribution in [0.15, 0.2) is 122 Å². The zero-order valence-electron chi connectivity index (χ0n) is 48.8. The molecular weight excluding hydrogens is 925 g/mol. The van der Waals surface area contributed by atoms with Crippen molar-refractivity contribution >= 4 is 17.9 Å². The Hall–Kier alpha value is -4.19. The van der Waals surface area contributed by atoms with Crippen LogP contribution in [0.4, 0.5) is 0 Å². The first-order valence-electron chi connectivity index (χ1n) is 31.0. The van der Waals surface area contributed by atoms with E-state index in [2.05, 4.69) is 142 Å². The summed E-state index contributed by atoms with van der Waals surface area (Å²) in [7, 11) is 0. The maximum absolute atomic E-state index is 12.9. The van der Waals surface area contributed by atoms with Gasteiger partial charge in [0.05, 0.1) is 0 Å². The third-order valence-corrected chi connectivity index (χ3v) is 13.0. The molecule has 0 saturated heterocycles. The van der Waals surface area contributed by atoms with E-state index in [4.69, 9.17) is 14.2 Å². The first kappa shape index (κ1) is 70.8. The van der Waals surface area contributed by atoms with Crippen molar-refractivity contribution in [3.8, 4) is 0 Å². The number of ether oxygens (including phenoxy) is 3. The average Bonchev–Trinajstić information content (AvgIpc) is 3.41. The zero-order valence-corrected chi connectivity index (χ0v) is 48.8. The fourth-order valence-electron chi connectivity index (χ4n) is 8.30. The van der Waals surface area contributed by atoms with Gasteiger partial charge in [-0.3, -0.25) is 14.4 Å². The first-order valence-corrected chi connectivity index (χ1v) is 31.0. The number of hydrogen-bond donors (Lipinski definition) is 0. The third-order valence-electron chi connectivity index (χ3n) is 13.0. The van der Waals surface area contributed by atoms with E-state index in [1.807, 2.05) is 0 Å². The molecule has 0 aromatic rings. The smallest absolute Gasteiger partial charge is 0.306 e. The quantitative estimate of drug-likeness (QED) is 0.0261. The van der Waals surface area contributed by atoms with Crippen molar-refractivity contribution in [3.63, 3.8) is 0 Å². The summed E-state index contributed by atoms with van der Waals surface area (Å²) in [5.41, 5.74) is 0. The highest BCUT2D eigenvalue weighted by Crippen LogP contribution is 2.15. The molecule has 6 heteroatoms. The second-order valence-electron chi connectivity index (χ2n) is 20.2. The van der Waals surface area contributed by atoms with Crippen molar-refractivity contribution in [1.82, 2.24) is 0 Å². The van der Waals surface area contributed by atoms with Crippen LogP contribution >= 0.6 is 0 Å². The lowest BCUT2D eigenvalue weighted by Gasteiger charge is -2.18. The van der Waals surface area contributed by atoms with E-state index in [1.165, 1.54) is 103 Å². The van der Waals surface area contributed by atoms with E-state index in [-0.39, 0.29) is 31.1 Å². The molecule has 0 radical (unpaired) electrons. The molecule has 0 aliphatic carbocycles. The summed E-state index contributed by atoms with van der Waals surface area (Å²) < 4.78 is 16.8. The summed E-state index contributed by atoms with van der Waals surface area (Å²) in [6.45, 7) is 6.46. The summed E-state index contributed by atoms with van der Waals surface area (Å²) >= 11 is 0. The molecule has 0 aliphatic rings. The number of hydrogen-bond acceptors (Lipinski definition) is 6. The van der Waals surface area contributed by atoms with Gasteiger partial charge in [0.2, 0.25) is 0 Å². The molecular formula is C69H114O6. The Balaban J connectivity index is 4.33. The maximum atomic E-state index is 12.9. The Labute approximate surface area is 462 Å². The Morgan fingerprint density at radius 2 is 0.533 bits per heavy atom. The Bertz CT molecular complexity index is 1570. The molecule has 1 atom stereocenters. The largest absolute Gasteiger partial charge is 0.462 e. The number of allylic oxidation sites excluding steroid dienone is 20. The minimum Gasteiger partial charge on any atom is -0.462 e. The van der Waals surface area contributed by atoms with Crippen LogP contribution in [0.25, 0.3) is 0 Å². The standard InChI is InChI=1S/C69H114O6/c1-4-7-10-13-16-19-22-24-26-27-28-29-30-31-32-33-34-35-36-37-38-39-40-41-43-44-47-50-53-56-59-62-68(71)74-65-66(64-73-67(70)61-58-55-52-49-46-21-18-15-12-9-6-3)75-69(72)63-60-57-54-51-48-45-42-25-23-20-17-14-11-8-5-2/h7,10,15-16,18-19,24,26,28-29,31-32,34-35,37-38,40-41,44,47,66H,4-6,8-9,11-14,17,20-23,25,27,30,33,36,39,42-43,45-46,48-65H2,1-3H3/b10-7-,18-15-,19-16-,26-24-,29-28-,32-31-,35-34-,38-37-,41-40-,47-44-. The minimum absolute atomic E-state index is 0.0929. The summed E-state index contributed by atoms with van der Waals surface area (Å²) in [5, 5.41) is 0.